The molecule has 0 saturated heterocycles. The largest absolute Gasteiger partial charge is 0.454 e. The van der Waals surface area contributed by atoms with E-state index in [0.29, 0.717) is 38.8 Å². The van der Waals surface area contributed by atoms with Gasteiger partial charge in [0.2, 0.25) is 12.7 Å². The molecule has 3 aromatic rings. The van der Waals surface area contributed by atoms with Crippen molar-refractivity contribution in [1.82, 2.24) is 9.55 Å². The average Bonchev–Trinajstić information content (AvgIpc) is 3.49. The zero-order valence-corrected chi connectivity index (χ0v) is 18.9. The van der Waals surface area contributed by atoms with E-state index in [4.69, 9.17) is 14.5 Å². The minimum atomic E-state index is -0.304. The molecule has 2 aromatic carbocycles. The SMILES string of the molecule is CC(=O)c1cc2c(cc1NC(=O)CSc1nc3ccccc3c(=O)n1C1CCCC1)OCO2. The van der Waals surface area contributed by atoms with Crippen LogP contribution in [0.15, 0.2) is 46.3 Å². The third-order valence-electron chi connectivity index (χ3n) is 5.96. The molecule has 5 rings (SSSR count). The summed E-state index contributed by atoms with van der Waals surface area (Å²) in [7, 11) is 0. The van der Waals surface area contributed by atoms with Gasteiger partial charge in [-0.3, -0.25) is 19.0 Å². The molecule has 2 aliphatic rings. The second-order valence-electron chi connectivity index (χ2n) is 8.17. The van der Waals surface area contributed by atoms with Gasteiger partial charge in [0.15, 0.2) is 22.4 Å². The number of para-hydroxylation sites is 1. The van der Waals surface area contributed by atoms with Gasteiger partial charge in [0.1, 0.15) is 0 Å². The van der Waals surface area contributed by atoms with Crippen LogP contribution in [0.2, 0.25) is 0 Å². The molecule has 1 amide bonds. The predicted molar refractivity (Wildman–Crippen MR) is 125 cm³/mol. The van der Waals surface area contributed by atoms with Crippen LogP contribution in [-0.4, -0.2) is 33.8 Å². The van der Waals surface area contributed by atoms with Gasteiger partial charge in [0.25, 0.3) is 5.56 Å². The van der Waals surface area contributed by atoms with Gasteiger partial charge < -0.3 is 14.8 Å². The number of amides is 1. The number of nitrogens with zero attached hydrogens (tertiary/aromatic N) is 2. The van der Waals surface area contributed by atoms with Crippen molar-refractivity contribution in [3.05, 3.63) is 52.3 Å². The number of fused-ring (bicyclic) bond motifs is 2. The molecule has 1 aliphatic carbocycles. The summed E-state index contributed by atoms with van der Waals surface area (Å²) < 4.78 is 12.5. The van der Waals surface area contributed by atoms with Crippen LogP contribution in [0, 0.1) is 0 Å². The van der Waals surface area contributed by atoms with Crippen LogP contribution in [0.3, 0.4) is 0 Å². The lowest BCUT2D eigenvalue weighted by atomic mass is 10.1. The quantitative estimate of drug-likeness (QED) is 0.331. The maximum atomic E-state index is 13.2. The molecule has 33 heavy (non-hydrogen) atoms. The predicted octanol–water partition coefficient (Wildman–Crippen LogP) is 4.17. The molecule has 170 valence electrons. The van der Waals surface area contributed by atoms with Gasteiger partial charge in [-0.25, -0.2) is 4.98 Å². The summed E-state index contributed by atoms with van der Waals surface area (Å²) in [5, 5.41) is 3.93. The number of ketones is 1. The van der Waals surface area contributed by atoms with Gasteiger partial charge in [-0.1, -0.05) is 36.7 Å². The lowest BCUT2D eigenvalue weighted by molar-refractivity contribution is -0.113. The van der Waals surface area contributed by atoms with Crippen LogP contribution in [0.5, 0.6) is 11.5 Å². The summed E-state index contributed by atoms with van der Waals surface area (Å²) >= 11 is 1.23. The zero-order chi connectivity index (χ0) is 22.9. The molecule has 0 unspecified atom stereocenters. The van der Waals surface area contributed by atoms with Gasteiger partial charge in [-0.2, -0.15) is 0 Å². The van der Waals surface area contributed by atoms with Crippen molar-refractivity contribution in [2.45, 2.75) is 43.8 Å². The molecule has 0 spiro atoms. The Balaban J connectivity index is 1.40. The molecule has 0 atom stereocenters. The second-order valence-corrected chi connectivity index (χ2v) is 9.11. The number of aromatic nitrogens is 2. The summed E-state index contributed by atoms with van der Waals surface area (Å²) in [5.41, 5.74) is 1.28. The third-order valence-corrected chi connectivity index (χ3v) is 6.92. The van der Waals surface area contributed by atoms with E-state index in [9.17, 15) is 14.4 Å². The zero-order valence-electron chi connectivity index (χ0n) is 18.1. The first-order valence-electron chi connectivity index (χ1n) is 10.9. The first-order valence-corrected chi connectivity index (χ1v) is 11.9. The van der Waals surface area contributed by atoms with E-state index < -0.39 is 0 Å². The van der Waals surface area contributed by atoms with Gasteiger partial charge in [0.05, 0.1) is 22.3 Å². The number of ether oxygens (including phenoxy) is 2. The number of thioether (sulfide) groups is 1. The number of hydrogen-bond acceptors (Lipinski definition) is 7. The minimum absolute atomic E-state index is 0.0449. The molecule has 1 saturated carbocycles. The summed E-state index contributed by atoms with van der Waals surface area (Å²) in [5.74, 6) is 0.510. The van der Waals surface area contributed by atoms with Crippen LogP contribution in [0.25, 0.3) is 10.9 Å². The Morgan fingerprint density at radius 2 is 1.88 bits per heavy atom. The molecule has 0 radical (unpaired) electrons. The number of anilines is 1. The molecule has 8 nitrogen and oxygen atoms in total. The molecule has 1 aliphatic heterocycles. The highest BCUT2D eigenvalue weighted by Crippen LogP contribution is 2.37. The van der Waals surface area contributed by atoms with Crippen LogP contribution >= 0.6 is 11.8 Å². The fourth-order valence-corrected chi connectivity index (χ4v) is 5.23. The van der Waals surface area contributed by atoms with Gasteiger partial charge in [-0.15, -0.1) is 0 Å². The van der Waals surface area contributed by atoms with Crippen molar-refractivity contribution in [3.8, 4) is 11.5 Å². The molecule has 1 N–H and O–H groups in total. The van der Waals surface area contributed by atoms with E-state index >= 15 is 0 Å². The summed E-state index contributed by atoms with van der Waals surface area (Å²) in [6.07, 6.45) is 4.01. The molecular formula is C24H23N3O5S. The Bertz CT molecular complexity index is 1310. The van der Waals surface area contributed by atoms with Crippen molar-refractivity contribution in [2.24, 2.45) is 0 Å². The smallest absolute Gasteiger partial charge is 0.262 e. The maximum Gasteiger partial charge on any atom is 0.262 e. The normalized spacial score (nSPS) is 15.2. The summed E-state index contributed by atoms with van der Waals surface area (Å²) in [6, 6.07) is 10.6. The van der Waals surface area contributed by atoms with Crippen molar-refractivity contribution < 1.29 is 19.1 Å². The molecule has 1 fully saturated rings. The Kier molecular flexibility index (Phi) is 5.80. The minimum Gasteiger partial charge on any atom is -0.454 e. The topological polar surface area (TPSA) is 99.5 Å². The summed E-state index contributed by atoms with van der Waals surface area (Å²) in [4.78, 5) is 42.8. The van der Waals surface area contributed by atoms with Crippen molar-refractivity contribution in [3.63, 3.8) is 0 Å². The van der Waals surface area contributed by atoms with E-state index in [0.717, 1.165) is 25.7 Å². The molecule has 2 heterocycles. The Labute approximate surface area is 194 Å². The Morgan fingerprint density at radius 3 is 2.64 bits per heavy atom. The van der Waals surface area contributed by atoms with Crippen LogP contribution in [-0.2, 0) is 4.79 Å². The van der Waals surface area contributed by atoms with Crippen molar-refractivity contribution >= 4 is 40.0 Å². The maximum absolute atomic E-state index is 13.2. The van der Waals surface area contributed by atoms with Gasteiger partial charge in [0, 0.05) is 17.7 Å². The number of rotatable bonds is 6. The summed E-state index contributed by atoms with van der Waals surface area (Å²) in [6.45, 7) is 1.51. The lowest BCUT2D eigenvalue weighted by Gasteiger charge is -2.18. The first-order chi connectivity index (χ1) is 16.0. The monoisotopic (exact) mass is 465 g/mol. The van der Waals surface area contributed by atoms with Gasteiger partial charge >= 0.3 is 0 Å². The molecule has 1 aromatic heterocycles. The Morgan fingerprint density at radius 1 is 1.15 bits per heavy atom. The highest BCUT2D eigenvalue weighted by atomic mass is 32.2. The molecule has 0 bridgehead atoms. The van der Waals surface area contributed by atoms with E-state index in [-0.39, 0.29) is 35.8 Å². The van der Waals surface area contributed by atoms with E-state index in [1.54, 1.807) is 22.8 Å². The third kappa shape index (κ3) is 4.20. The fraction of sp³-hybridized carbons (Fsp3) is 0.333. The number of carbonyl (C=O) groups excluding carboxylic acids is 2. The number of benzene rings is 2. The number of hydrogen-bond donors (Lipinski definition) is 1. The van der Waals surface area contributed by atoms with Gasteiger partial charge in [-0.05, 0) is 38.0 Å². The van der Waals surface area contributed by atoms with Crippen LogP contribution in [0.4, 0.5) is 5.69 Å². The highest BCUT2D eigenvalue weighted by molar-refractivity contribution is 7.99. The first kappa shape index (κ1) is 21.5. The fourth-order valence-electron chi connectivity index (χ4n) is 4.36. The molecular weight excluding hydrogens is 442 g/mol. The average molecular weight is 466 g/mol. The number of carbonyl (C=O) groups is 2. The van der Waals surface area contributed by atoms with E-state index in [2.05, 4.69) is 5.32 Å². The lowest BCUT2D eigenvalue weighted by Crippen LogP contribution is -2.27. The highest BCUT2D eigenvalue weighted by Gasteiger charge is 2.24. The number of nitrogens with one attached hydrogen (secondary N) is 1. The van der Waals surface area contributed by atoms with Crippen molar-refractivity contribution in [2.75, 3.05) is 17.9 Å². The van der Waals surface area contributed by atoms with Crippen LogP contribution in [0.1, 0.15) is 49.0 Å². The van der Waals surface area contributed by atoms with E-state index in [1.165, 1.54) is 18.7 Å². The van der Waals surface area contributed by atoms with Crippen LogP contribution < -0.4 is 20.3 Å². The standard InChI is InChI=1S/C24H23N3O5S/c1-14(28)17-10-20-21(32-13-31-20)11-19(17)25-22(29)12-33-24-26-18-9-5-4-8-16(18)23(30)27(24)15-6-2-3-7-15/h4-5,8-11,15H,2-3,6-7,12-13H2,1H3,(H,25,29). The Hall–Kier alpha value is -3.33. The number of Topliss-reactive ketones (excluding diaryl/α,β-unsaturated/α-hetero) is 1. The second kappa shape index (κ2) is 8.90. The molecule has 9 heteroatoms. The van der Waals surface area contributed by atoms with E-state index in [1.807, 2.05) is 18.2 Å². The van der Waals surface area contributed by atoms with Crippen molar-refractivity contribution in [1.29, 1.82) is 0 Å².